The molecule has 0 radical (unpaired) electrons. The van der Waals surface area contributed by atoms with E-state index < -0.39 is 23.2 Å². The topological polar surface area (TPSA) is 44.7 Å². The van der Waals surface area contributed by atoms with Crippen molar-refractivity contribution < 1.29 is 18.0 Å². The average molecular weight is 436 g/mol. The second-order valence-corrected chi connectivity index (χ2v) is 8.24. The van der Waals surface area contributed by atoms with E-state index in [1.54, 1.807) is 0 Å². The van der Waals surface area contributed by atoms with Gasteiger partial charge in [-0.25, -0.2) is 13.2 Å². The minimum Gasteiger partial charge on any atom is -0.341 e. The van der Waals surface area contributed by atoms with Crippen LogP contribution in [0.1, 0.15) is 34.3 Å². The second kappa shape index (κ2) is 8.40. The van der Waals surface area contributed by atoms with Gasteiger partial charge < -0.3 is 10.2 Å². The average Bonchev–Trinajstić information content (AvgIpc) is 3.13. The summed E-state index contributed by atoms with van der Waals surface area (Å²) in [6.45, 7) is 1.86. The van der Waals surface area contributed by atoms with Crippen molar-refractivity contribution in [1.29, 1.82) is 0 Å². The van der Waals surface area contributed by atoms with Crippen LogP contribution in [0.2, 0.25) is 5.02 Å². The molecule has 4 rings (SSSR count). The van der Waals surface area contributed by atoms with Gasteiger partial charge in [0.2, 0.25) is 0 Å². The monoisotopic (exact) mass is 435 g/mol. The van der Waals surface area contributed by atoms with Gasteiger partial charge in [0.25, 0.3) is 0 Å². The van der Waals surface area contributed by atoms with Crippen LogP contribution in [-0.2, 0) is 12.8 Å². The molecule has 4 nitrogen and oxygen atoms in total. The molecule has 8 heteroatoms. The zero-order valence-corrected chi connectivity index (χ0v) is 17.2. The smallest absolute Gasteiger partial charge is 0.182 e. The molecule has 1 N–H and O–H groups in total. The third-order valence-electron chi connectivity index (χ3n) is 5.62. The lowest BCUT2D eigenvalue weighted by Gasteiger charge is -2.26. The highest BCUT2D eigenvalue weighted by molar-refractivity contribution is 6.30. The minimum atomic E-state index is -1.10. The van der Waals surface area contributed by atoms with E-state index in [0.29, 0.717) is 17.0 Å². The van der Waals surface area contributed by atoms with Crippen molar-refractivity contribution in [2.24, 2.45) is 4.99 Å². The summed E-state index contributed by atoms with van der Waals surface area (Å²) in [7, 11) is 2.05. The minimum absolute atomic E-state index is 0.0258. The Balaban J connectivity index is 1.59. The molecular formula is C22H21ClF3N3O. The van der Waals surface area contributed by atoms with Gasteiger partial charge in [0.1, 0.15) is 11.7 Å². The summed E-state index contributed by atoms with van der Waals surface area (Å²) < 4.78 is 42.0. The number of nitrogens with one attached hydrogen (secondary N) is 1. The molecule has 2 heterocycles. The molecular weight excluding hydrogens is 415 g/mol. The first kappa shape index (κ1) is 20.9. The number of nitrogens with zero attached hydrogens (tertiary/aromatic N) is 2. The van der Waals surface area contributed by atoms with E-state index in [0.717, 1.165) is 32.0 Å². The highest BCUT2D eigenvalue weighted by Gasteiger charge is 2.29. The fourth-order valence-electron chi connectivity index (χ4n) is 3.93. The van der Waals surface area contributed by atoms with Crippen molar-refractivity contribution in [1.82, 2.24) is 4.90 Å². The summed E-state index contributed by atoms with van der Waals surface area (Å²) in [6.07, 6.45) is 1.93. The Labute approximate surface area is 177 Å². The Hall–Kier alpha value is -2.38. The molecule has 0 unspecified atom stereocenters. The van der Waals surface area contributed by atoms with Crippen LogP contribution in [0.5, 0.6) is 0 Å². The Morgan fingerprint density at radius 1 is 1.20 bits per heavy atom. The highest BCUT2D eigenvalue weighted by atomic mass is 35.5. The van der Waals surface area contributed by atoms with Crippen molar-refractivity contribution in [3.8, 4) is 0 Å². The molecule has 30 heavy (non-hydrogen) atoms. The van der Waals surface area contributed by atoms with Crippen molar-refractivity contribution in [3.05, 3.63) is 63.4 Å². The van der Waals surface area contributed by atoms with Crippen molar-refractivity contribution in [2.45, 2.75) is 31.7 Å². The van der Waals surface area contributed by atoms with Gasteiger partial charge in [-0.05, 0) is 62.3 Å². The van der Waals surface area contributed by atoms with Crippen LogP contribution in [-0.4, -0.2) is 42.7 Å². The molecule has 0 aromatic heterocycles. The Kier molecular flexibility index (Phi) is 5.84. The molecule has 0 aliphatic carbocycles. The van der Waals surface area contributed by atoms with Gasteiger partial charge in [0.05, 0.1) is 16.8 Å². The number of ketones is 1. The van der Waals surface area contributed by atoms with Crippen molar-refractivity contribution in [2.75, 3.05) is 25.5 Å². The second-order valence-electron chi connectivity index (χ2n) is 7.83. The quantitative estimate of drug-likeness (QED) is 0.711. The molecule has 0 atom stereocenters. The molecule has 1 saturated heterocycles. The highest BCUT2D eigenvalue weighted by Crippen LogP contribution is 2.33. The summed E-state index contributed by atoms with van der Waals surface area (Å²) >= 11 is 5.78. The molecule has 2 aliphatic heterocycles. The Morgan fingerprint density at radius 3 is 2.63 bits per heavy atom. The summed E-state index contributed by atoms with van der Waals surface area (Å²) in [5, 5.41) is 2.78. The third kappa shape index (κ3) is 4.23. The van der Waals surface area contributed by atoms with Crippen LogP contribution in [0, 0.1) is 17.5 Å². The first-order valence-electron chi connectivity index (χ1n) is 9.82. The SMILES string of the molecule is CN1CCC(N=C2Cc3c(C(=O)Cc4ccc(F)c(Cl)c4)cc(F)c(F)c3N2)CC1. The van der Waals surface area contributed by atoms with E-state index >= 15 is 0 Å². The molecule has 0 bridgehead atoms. The number of carbonyl (C=O) groups is 1. The number of amidine groups is 1. The van der Waals surface area contributed by atoms with Gasteiger partial charge in [-0.1, -0.05) is 17.7 Å². The van der Waals surface area contributed by atoms with Crippen LogP contribution in [0.15, 0.2) is 29.3 Å². The molecule has 0 saturated carbocycles. The predicted molar refractivity (Wildman–Crippen MR) is 111 cm³/mol. The van der Waals surface area contributed by atoms with E-state index in [1.807, 2.05) is 0 Å². The summed E-state index contributed by atoms with van der Waals surface area (Å²) in [5.41, 5.74) is 0.974. The van der Waals surface area contributed by atoms with Crippen LogP contribution >= 0.6 is 11.6 Å². The van der Waals surface area contributed by atoms with Gasteiger partial charge in [-0.2, -0.15) is 0 Å². The number of aliphatic imine (C=N–C) groups is 1. The van der Waals surface area contributed by atoms with Gasteiger partial charge >= 0.3 is 0 Å². The fourth-order valence-corrected chi connectivity index (χ4v) is 4.14. The van der Waals surface area contributed by atoms with E-state index in [2.05, 4.69) is 22.3 Å². The molecule has 158 valence electrons. The first-order chi connectivity index (χ1) is 14.3. The molecule has 2 aromatic carbocycles. The van der Waals surface area contributed by atoms with Gasteiger partial charge in [0, 0.05) is 18.4 Å². The van der Waals surface area contributed by atoms with Crippen molar-refractivity contribution >= 4 is 28.9 Å². The molecule has 1 fully saturated rings. The maximum Gasteiger partial charge on any atom is 0.182 e. The van der Waals surface area contributed by atoms with Gasteiger partial charge in [-0.15, -0.1) is 0 Å². The van der Waals surface area contributed by atoms with Crippen LogP contribution in [0.3, 0.4) is 0 Å². The van der Waals surface area contributed by atoms with Gasteiger partial charge in [-0.3, -0.25) is 9.79 Å². The summed E-state index contributed by atoms with van der Waals surface area (Å²) in [4.78, 5) is 19.8. The lowest BCUT2D eigenvalue weighted by atomic mass is 9.96. The number of rotatable bonds is 4. The maximum absolute atomic E-state index is 14.4. The summed E-state index contributed by atoms with van der Waals surface area (Å²) in [6, 6.07) is 5.03. The number of likely N-dealkylation sites (tertiary alicyclic amines) is 1. The lowest BCUT2D eigenvalue weighted by Crippen LogP contribution is -2.32. The normalized spacial score (nSPS) is 18.5. The van der Waals surface area contributed by atoms with Crippen LogP contribution in [0.4, 0.5) is 18.9 Å². The molecule has 2 aliphatic rings. The number of anilines is 1. The summed E-state index contributed by atoms with van der Waals surface area (Å²) in [5.74, 6) is -2.54. The van der Waals surface area contributed by atoms with Crippen molar-refractivity contribution in [3.63, 3.8) is 0 Å². The Bertz CT molecular complexity index is 1030. The first-order valence-corrected chi connectivity index (χ1v) is 10.2. The number of Topliss-reactive ketones (excluding diaryl/α,β-unsaturated/α-hetero) is 1. The lowest BCUT2D eigenvalue weighted by molar-refractivity contribution is 0.0992. The fraction of sp³-hybridized carbons (Fsp3) is 0.364. The molecule has 0 spiro atoms. The zero-order chi connectivity index (χ0) is 21.4. The molecule has 0 amide bonds. The number of carbonyl (C=O) groups excluding carboxylic acids is 1. The number of benzene rings is 2. The number of fused-ring (bicyclic) bond motifs is 1. The maximum atomic E-state index is 14.4. The van der Waals surface area contributed by atoms with Crippen LogP contribution in [0.25, 0.3) is 0 Å². The van der Waals surface area contributed by atoms with Gasteiger partial charge in [0.15, 0.2) is 17.4 Å². The zero-order valence-electron chi connectivity index (χ0n) is 16.4. The van der Waals surface area contributed by atoms with Crippen LogP contribution < -0.4 is 5.32 Å². The number of hydrogen-bond donors (Lipinski definition) is 1. The predicted octanol–water partition coefficient (Wildman–Crippen LogP) is 4.64. The Morgan fingerprint density at radius 2 is 1.93 bits per heavy atom. The third-order valence-corrected chi connectivity index (χ3v) is 5.91. The van der Waals surface area contributed by atoms with E-state index in [1.165, 1.54) is 18.2 Å². The number of piperidine rings is 1. The standard InChI is InChI=1S/C22H21ClF3N3O/c1-29-6-4-13(5-7-29)27-20-11-15-14(10-18(25)21(26)22(15)28-20)19(30)9-12-2-3-17(24)16(23)8-12/h2-3,8,10,13H,4-7,9,11H2,1H3,(H,27,28). The number of hydrogen-bond acceptors (Lipinski definition) is 3. The van der Waals surface area contributed by atoms with E-state index in [9.17, 15) is 18.0 Å². The van der Waals surface area contributed by atoms with E-state index in [4.69, 9.17) is 11.6 Å². The molecule has 2 aromatic rings. The van der Waals surface area contributed by atoms with E-state index in [-0.39, 0.29) is 35.2 Å². The largest absolute Gasteiger partial charge is 0.341 e. The number of halogens is 4.